The number of nitrogen functional groups attached to an aromatic ring is 1. The van der Waals surface area contributed by atoms with E-state index in [0.29, 0.717) is 11.6 Å². The van der Waals surface area contributed by atoms with Gasteiger partial charge in [0, 0.05) is 5.41 Å². The van der Waals surface area contributed by atoms with Gasteiger partial charge in [-0.2, -0.15) is 9.97 Å². The maximum Gasteiger partial charge on any atom is 0.223 e. The van der Waals surface area contributed by atoms with E-state index in [1.807, 2.05) is 13.8 Å². The Morgan fingerprint density at radius 2 is 1.67 bits per heavy atom. The third-order valence-electron chi connectivity index (χ3n) is 2.89. The second kappa shape index (κ2) is 4.33. The zero-order valence-corrected chi connectivity index (χ0v) is 10.6. The van der Waals surface area contributed by atoms with Crippen LogP contribution < -0.4 is 5.73 Å². The van der Waals surface area contributed by atoms with E-state index in [9.17, 15) is 4.39 Å². The Labute approximate surface area is 105 Å². The summed E-state index contributed by atoms with van der Waals surface area (Å²) in [7, 11) is 0. The van der Waals surface area contributed by atoms with Gasteiger partial charge in [0.25, 0.3) is 0 Å². The van der Waals surface area contributed by atoms with Crippen LogP contribution in [0.1, 0.15) is 31.1 Å². The molecule has 0 radical (unpaired) electrons. The van der Waals surface area contributed by atoms with Crippen LogP contribution in [-0.2, 0) is 5.41 Å². The fourth-order valence-electron chi connectivity index (χ4n) is 1.78. The van der Waals surface area contributed by atoms with Gasteiger partial charge in [0.1, 0.15) is 17.5 Å². The molecule has 5 heteroatoms. The first-order chi connectivity index (χ1) is 8.39. The van der Waals surface area contributed by atoms with Crippen LogP contribution in [0.15, 0.2) is 24.3 Å². The van der Waals surface area contributed by atoms with Gasteiger partial charge in [-0.3, -0.25) is 0 Å². The summed E-state index contributed by atoms with van der Waals surface area (Å²) in [5.74, 6) is 1.10. The molecular formula is C13H15FN4. The predicted molar refractivity (Wildman–Crippen MR) is 67.5 cm³/mol. The van der Waals surface area contributed by atoms with Crippen molar-refractivity contribution < 1.29 is 4.39 Å². The average Bonchev–Trinajstić information content (AvgIpc) is 2.28. The Morgan fingerprint density at radius 1 is 1.06 bits per heavy atom. The van der Waals surface area contributed by atoms with Crippen molar-refractivity contribution in [1.82, 2.24) is 15.0 Å². The highest BCUT2D eigenvalue weighted by atomic mass is 19.1. The minimum absolute atomic E-state index is 0.202. The molecule has 1 aromatic carbocycles. The highest BCUT2D eigenvalue weighted by molar-refractivity contribution is 5.32. The van der Waals surface area contributed by atoms with Gasteiger partial charge in [-0.05, 0) is 38.5 Å². The van der Waals surface area contributed by atoms with Crippen molar-refractivity contribution in [3.05, 3.63) is 47.3 Å². The molecule has 0 bridgehead atoms. The molecule has 4 nitrogen and oxygen atoms in total. The fourth-order valence-corrected chi connectivity index (χ4v) is 1.78. The number of hydrogen-bond acceptors (Lipinski definition) is 4. The normalized spacial score (nSPS) is 11.6. The molecule has 18 heavy (non-hydrogen) atoms. The first-order valence-electron chi connectivity index (χ1n) is 5.64. The van der Waals surface area contributed by atoms with Gasteiger partial charge in [-0.25, -0.2) is 9.37 Å². The summed E-state index contributed by atoms with van der Waals surface area (Å²) in [6.07, 6.45) is 0. The van der Waals surface area contributed by atoms with Gasteiger partial charge >= 0.3 is 0 Å². The largest absolute Gasteiger partial charge is 0.368 e. The first-order valence-corrected chi connectivity index (χ1v) is 5.64. The van der Waals surface area contributed by atoms with E-state index in [0.717, 1.165) is 5.56 Å². The van der Waals surface area contributed by atoms with Gasteiger partial charge in [-0.15, -0.1) is 0 Å². The Bertz CT molecular complexity index is 543. The zero-order chi connectivity index (χ0) is 13.3. The van der Waals surface area contributed by atoms with Gasteiger partial charge in [0.05, 0.1) is 0 Å². The molecule has 0 aliphatic carbocycles. The van der Waals surface area contributed by atoms with Crippen LogP contribution in [0.2, 0.25) is 0 Å². The lowest BCUT2D eigenvalue weighted by Crippen LogP contribution is -2.24. The SMILES string of the molecule is Cc1nc(N)nc(C(C)(C)c2ccc(F)cc2)n1. The minimum atomic E-state index is -0.449. The number of aryl methyl sites for hydroxylation is 1. The Balaban J connectivity index is 2.49. The standard InChI is InChI=1S/C13H15FN4/c1-8-16-11(18-12(15)17-8)13(2,3)9-4-6-10(14)7-5-9/h4-7H,1-3H3,(H2,15,16,17,18). The summed E-state index contributed by atoms with van der Waals surface area (Å²) in [6, 6.07) is 6.30. The van der Waals surface area contributed by atoms with Gasteiger partial charge < -0.3 is 5.73 Å². The molecule has 0 unspecified atom stereocenters. The first kappa shape index (κ1) is 12.4. The van der Waals surface area contributed by atoms with Crippen LogP contribution in [0.5, 0.6) is 0 Å². The van der Waals surface area contributed by atoms with E-state index in [2.05, 4.69) is 15.0 Å². The van der Waals surface area contributed by atoms with E-state index in [1.54, 1.807) is 19.1 Å². The van der Waals surface area contributed by atoms with Crippen LogP contribution in [0, 0.1) is 12.7 Å². The van der Waals surface area contributed by atoms with Crippen molar-refractivity contribution in [3.63, 3.8) is 0 Å². The van der Waals surface area contributed by atoms with E-state index in [4.69, 9.17) is 5.73 Å². The Hall–Kier alpha value is -2.04. The van der Waals surface area contributed by atoms with Crippen LogP contribution in [0.4, 0.5) is 10.3 Å². The summed E-state index contributed by atoms with van der Waals surface area (Å²) in [5.41, 5.74) is 6.11. The molecule has 0 fully saturated rings. The lowest BCUT2D eigenvalue weighted by Gasteiger charge is -2.23. The minimum Gasteiger partial charge on any atom is -0.368 e. The topological polar surface area (TPSA) is 64.7 Å². The Kier molecular flexibility index (Phi) is 2.98. The molecular weight excluding hydrogens is 231 g/mol. The molecule has 0 atom stereocenters. The van der Waals surface area contributed by atoms with Gasteiger partial charge in [0.15, 0.2) is 0 Å². The quantitative estimate of drug-likeness (QED) is 0.882. The number of nitrogens with two attached hydrogens (primary N) is 1. The summed E-state index contributed by atoms with van der Waals surface area (Å²) in [6.45, 7) is 5.70. The van der Waals surface area contributed by atoms with E-state index >= 15 is 0 Å². The molecule has 0 spiro atoms. The predicted octanol–water partition coefficient (Wildman–Crippen LogP) is 2.23. The highest BCUT2D eigenvalue weighted by Gasteiger charge is 2.27. The molecule has 0 saturated heterocycles. The average molecular weight is 246 g/mol. The maximum absolute atomic E-state index is 12.9. The third kappa shape index (κ3) is 2.30. The summed E-state index contributed by atoms with van der Waals surface area (Å²) in [5, 5.41) is 0. The van der Waals surface area contributed by atoms with Crippen LogP contribution in [0.3, 0.4) is 0 Å². The second-order valence-electron chi connectivity index (χ2n) is 4.70. The lowest BCUT2D eigenvalue weighted by atomic mass is 9.84. The van der Waals surface area contributed by atoms with Crippen LogP contribution >= 0.6 is 0 Å². The highest BCUT2D eigenvalue weighted by Crippen LogP contribution is 2.29. The summed E-state index contributed by atoms with van der Waals surface area (Å²) in [4.78, 5) is 12.4. The second-order valence-corrected chi connectivity index (χ2v) is 4.70. The molecule has 0 amide bonds. The number of benzene rings is 1. The van der Waals surface area contributed by atoms with Gasteiger partial charge in [-0.1, -0.05) is 12.1 Å². The molecule has 0 aliphatic heterocycles. The van der Waals surface area contributed by atoms with E-state index < -0.39 is 5.41 Å². The van der Waals surface area contributed by atoms with Crippen LogP contribution in [0.25, 0.3) is 0 Å². The number of hydrogen-bond donors (Lipinski definition) is 1. The van der Waals surface area contributed by atoms with Crippen LogP contribution in [-0.4, -0.2) is 15.0 Å². The number of halogens is 1. The molecule has 0 aliphatic rings. The van der Waals surface area contributed by atoms with Crippen molar-refractivity contribution in [1.29, 1.82) is 0 Å². The smallest absolute Gasteiger partial charge is 0.223 e. The van der Waals surface area contributed by atoms with Gasteiger partial charge in [0.2, 0.25) is 5.95 Å². The van der Waals surface area contributed by atoms with E-state index in [1.165, 1.54) is 12.1 Å². The number of nitrogens with zero attached hydrogens (tertiary/aromatic N) is 3. The van der Waals surface area contributed by atoms with E-state index in [-0.39, 0.29) is 11.8 Å². The Morgan fingerprint density at radius 3 is 2.22 bits per heavy atom. The molecule has 2 aromatic rings. The number of anilines is 1. The monoisotopic (exact) mass is 246 g/mol. The van der Waals surface area contributed by atoms with Crippen molar-refractivity contribution in [2.75, 3.05) is 5.73 Å². The number of aromatic nitrogens is 3. The molecule has 0 saturated carbocycles. The van der Waals surface area contributed by atoms with Crippen molar-refractivity contribution in [3.8, 4) is 0 Å². The number of rotatable bonds is 2. The van der Waals surface area contributed by atoms with Crippen molar-refractivity contribution in [2.24, 2.45) is 0 Å². The summed E-state index contributed by atoms with van der Waals surface area (Å²) >= 11 is 0. The summed E-state index contributed by atoms with van der Waals surface area (Å²) < 4.78 is 12.9. The fraction of sp³-hybridized carbons (Fsp3) is 0.308. The maximum atomic E-state index is 12.9. The zero-order valence-electron chi connectivity index (χ0n) is 10.6. The molecule has 2 rings (SSSR count). The lowest BCUT2D eigenvalue weighted by molar-refractivity contribution is 0.577. The van der Waals surface area contributed by atoms with Crippen molar-refractivity contribution >= 4 is 5.95 Å². The van der Waals surface area contributed by atoms with Crippen molar-refractivity contribution in [2.45, 2.75) is 26.2 Å². The third-order valence-corrected chi connectivity index (χ3v) is 2.89. The molecule has 94 valence electrons. The molecule has 1 aromatic heterocycles. The molecule has 1 heterocycles. The molecule has 2 N–H and O–H groups in total.